The van der Waals surface area contributed by atoms with E-state index in [4.69, 9.17) is 15.0 Å². The highest BCUT2D eigenvalue weighted by Crippen LogP contribution is 2.42. The minimum atomic E-state index is 0.718. The molecule has 0 unspecified atom stereocenters. The SMILES string of the molecule is Cc1cc(-c2ccccc2)c2ccc3c(-c4ccccc4)cc(-c4cccc(C5=CCNc6c5ccc5c(-c7ccccc7)ccnc65)c4)nc3c2n1. The Labute approximate surface area is 308 Å². The van der Waals surface area contributed by atoms with Crippen LogP contribution in [0.5, 0.6) is 0 Å². The molecular weight excluding hydrogens is 645 g/mol. The average Bonchev–Trinajstić information content (AvgIpc) is 3.23. The van der Waals surface area contributed by atoms with E-state index >= 15 is 0 Å². The number of anilines is 1. The normalized spacial score (nSPS) is 12.4. The number of hydrogen-bond acceptors (Lipinski definition) is 4. The maximum absolute atomic E-state index is 5.44. The predicted octanol–water partition coefficient (Wildman–Crippen LogP) is 12.2. The molecule has 3 aromatic heterocycles. The molecular formula is C49H34N4. The average molecular weight is 679 g/mol. The predicted molar refractivity (Wildman–Crippen MR) is 221 cm³/mol. The molecule has 4 heterocycles. The van der Waals surface area contributed by atoms with Crippen molar-refractivity contribution in [1.82, 2.24) is 15.0 Å². The van der Waals surface area contributed by atoms with Crippen molar-refractivity contribution in [3.63, 3.8) is 0 Å². The summed E-state index contributed by atoms with van der Waals surface area (Å²) in [6.07, 6.45) is 4.20. The number of fused-ring (bicyclic) bond motifs is 6. The van der Waals surface area contributed by atoms with Crippen LogP contribution in [0.2, 0.25) is 0 Å². The van der Waals surface area contributed by atoms with Crippen LogP contribution in [0.1, 0.15) is 16.8 Å². The van der Waals surface area contributed by atoms with Gasteiger partial charge in [0.2, 0.25) is 0 Å². The lowest BCUT2D eigenvalue weighted by Gasteiger charge is -2.22. The second-order valence-corrected chi connectivity index (χ2v) is 13.6. The van der Waals surface area contributed by atoms with Gasteiger partial charge < -0.3 is 5.32 Å². The molecule has 1 aliphatic rings. The molecule has 250 valence electrons. The molecule has 0 amide bonds. The van der Waals surface area contributed by atoms with Crippen molar-refractivity contribution in [3.8, 4) is 44.6 Å². The Kier molecular flexibility index (Phi) is 7.40. The van der Waals surface area contributed by atoms with E-state index in [-0.39, 0.29) is 0 Å². The summed E-state index contributed by atoms with van der Waals surface area (Å²) in [4.78, 5) is 15.5. The standard InChI is InChI=1S/C49H34N4/c1-31-28-43(33-14-7-3-8-15-33)41-22-23-42-44(34-16-9-4-10-17-34)30-45(53-49(42)48(41)52-31)36-19-11-18-35(29-36)38-25-27-51-47-40(38)21-20-39-37(24-26-50-46(39)47)32-12-5-2-6-13-32/h2-26,28-30,51H,27H2,1H3. The summed E-state index contributed by atoms with van der Waals surface area (Å²) >= 11 is 0. The largest absolute Gasteiger partial charge is 0.379 e. The number of benzene rings is 6. The Balaban J connectivity index is 1.14. The fourth-order valence-electron chi connectivity index (χ4n) is 7.94. The van der Waals surface area contributed by atoms with Crippen LogP contribution in [0.3, 0.4) is 0 Å². The number of nitrogens with one attached hydrogen (secondary N) is 1. The summed E-state index contributed by atoms with van der Waals surface area (Å²) in [5.41, 5.74) is 17.3. The summed E-state index contributed by atoms with van der Waals surface area (Å²) in [6.45, 7) is 2.79. The lowest BCUT2D eigenvalue weighted by molar-refractivity contribution is 1.25. The topological polar surface area (TPSA) is 50.7 Å². The second-order valence-electron chi connectivity index (χ2n) is 13.6. The third-order valence-electron chi connectivity index (χ3n) is 10.4. The van der Waals surface area contributed by atoms with Crippen LogP contribution in [0, 0.1) is 6.92 Å². The Morgan fingerprint density at radius 2 is 1.02 bits per heavy atom. The van der Waals surface area contributed by atoms with Crippen molar-refractivity contribution in [2.24, 2.45) is 0 Å². The zero-order valence-corrected chi connectivity index (χ0v) is 29.2. The number of aromatic nitrogens is 3. The van der Waals surface area contributed by atoms with Gasteiger partial charge in [0, 0.05) is 45.7 Å². The molecule has 53 heavy (non-hydrogen) atoms. The summed E-state index contributed by atoms with van der Waals surface area (Å²) in [7, 11) is 0. The number of rotatable bonds is 5. The molecule has 1 aliphatic heterocycles. The van der Waals surface area contributed by atoms with E-state index in [0.717, 1.165) is 84.1 Å². The molecule has 6 aromatic carbocycles. The van der Waals surface area contributed by atoms with Gasteiger partial charge in [-0.2, -0.15) is 0 Å². The van der Waals surface area contributed by atoms with E-state index in [1.807, 2.05) is 6.20 Å². The van der Waals surface area contributed by atoms with Gasteiger partial charge in [-0.25, -0.2) is 4.98 Å². The zero-order valence-electron chi connectivity index (χ0n) is 29.2. The molecule has 0 bridgehead atoms. The smallest absolute Gasteiger partial charge is 0.0978 e. The Morgan fingerprint density at radius 1 is 0.453 bits per heavy atom. The molecule has 4 heteroatoms. The van der Waals surface area contributed by atoms with Gasteiger partial charge in [0.15, 0.2) is 0 Å². The van der Waals surface area contributed by atoms with Gasteiger partial charge in [-0.15, -0.1) is 0 Å². The van der Waals surface area contributed by atoms with Gasteiger partial charge in [0.25, 0.3) is 0 Å². The van der Waals surface area contributed by atoms with Gasteiger partial charge in [-0.3, -0.25) is 9.97 Å². The van der Waals surface area contributed by atoms with E-state index in [1.165, 1.54) is 27.8 Å². The van der Waals surface area contributed by atoms with Crippen LogP contribution in [0.15, 0.2) is 170 Å². The minimum absolute atomic E-state index is 0.718. The third kappa shape index (κ3) is 5.35. The third-order valence-corrected chi connectivity index (χ3v) is 10.4. The minimum Gasteiger partial charge on any atom is -0.379 e. The highest BCUT2D eigenvalue weighted by atomic mass is 14.9. The molecule has 0 saturated heterocycles. The summed E-state index contributed by atoms with van der Waals surface area (Å²) < 4.78 is 0. The van der Waals surface area contributed by atoms with Crippen molar-refractivity contribution < 1.29 is 0 Å². The van der Waals surface area contributed by atoms with Crippen LogP contribution < -0.4 is 5.32 Å². The summed E-state index contributed by atoms with van der Waals surface area (Å²) in [5, 5.41) is 6.98. The highest BCUT2D eigenvalue weighted by Gasteiger charge is 2.20. The van der Waals surface area contributed by atoms with Crippen LogP contribution >= 0.6 is 0 Å². The lowest BCUT2D eigenvalue weighted by atomic mass is 9.89. The maximum Gasteiger partial charge on any atom is 0.0978 e. The van der Waals surface area contributed by atoms with E-state index in [0.29, 0.717) is 0 Å². The molecule has 4 nitrogen and oxygen atoms in total. The van der Waals surface area contributed by atoms with Gasteiger partial charge >= 0.3 is 0 Å². The molecule has 9 aromatic rings. The Hall–Kier alpha value is -6.91. The van der Waals surface area contributed by atoms with Crippen molar-refractivity contribution in [1.29, 1.82) is 0 Å². The molecule has 0 atom stereocenters. The van der Waals surface area contributed by atoms with Gasteiger partial charge in [-0.1, -0.05) is 140 Å². The highest BCUT2D eigenvalue weighted by molar-refractivity contribution is 6.13. The van der Waals surface area contributed by atoms with Gasteiger partial charge in [0.05, 0.1) is 27.9 Å². The van der Waals surface area contributed by atoms with E-state index < -0.39 is 0 Å². The van der Waals surface area contributed by atoms with Crippen molar-refractivity contribution in [2.45, 2.75) is 6.92 Å². The van der Waals surface area contributed by atoms with Crippen molar-refractivity contribution in [3.05, 3.63) is 187 Å². The van der Waals surface area contributed by atoms with E-state index in [9.17, 15) is 0 Å². The van der Waals surface area contributed by atoms with Crippen LogP contribution in [-0.4, -0.2) is 21.5 Å². The maximum atomic E-state index is 5.44. The number of pyridine rings is 3. The summed E-state index contributed by atoms with van der Waals surface area (Å²) in [6, 6.07) is 55.9. The van der Waals surface area contributed by atoms with Crippen molar-refractivity contribution >= 4 is 44.0 Å². The molecule has 0 spiro atoms. The Bertz CT molecular complexity index is 2880. The molecule has 0 fully saturated rings. The number of hydrogen-bond donors (Lipinski definition) is 1. The fourth-order valence-corrected chi connectivity index (χ4v) is 7.94. The Morgan fingerprint density at radius 3 is 1.72 bits per heavy atom. The first-order valence-corrected chi connectivity index (χ1v) is 18.1. The first-order chi connectivity index (χ1) is 26.2. The fraction of sp³-hybridized carbons (Fsp3) is 0.0408. The molecule has 1 N–H and O–H groups in total. The second kappa shape index (κ2) is 12.7. The first-order valence-electron chi connectivity index (χ1n) is 18.1. The van der Waals surface area contributed by atoms with Gasteiger partial charge in [-0.05, 0) is 75.7 Å². The van der Waals surface area contributed by atoms with Crippen molar-refractivity contribution in [2.75, 3.05) is 11.9 Å². The molecule has 0 radical (unpaired) electrons. The molecule has 0 aliphatic carbocycles. The van der Waals surface area contributed by atoms with E-state index in [1.54, 1.807) is 0 Å². The first kappa shape index (κ1) is 30.9. The van der Waals surface area contributed by atoms with Crippen LogP contribution in [0.4, 0.5) is 5.69 Å². The van der Waals surface area contributed by atoms with Crippen LogP contribution in [-0.2, 0) is 0 Å². The van der Waals surface area contributed by atoms with E-state index in [2.05, 4.69) is 176 Å². The quantitative estimate of drug-likeness (QED) is 0.184. The van der Waals surface area contributed by atoms with Gasteiger partial charge in [0.1, 0.15) is 0 Å². The number of nitrogens with zero attached hydrogens (tertiary/aromatic N) is 3. The lowest BCUT2D eigenvalue weighted by Crippen LogP contribution is -2.10. The molecule has 10 rings (SSSR count). The van der Waals surface area contributed by atoms with Crippen LogP contribution in [0.25, 0.3) is 82.9 Å². The number of aryl methyl sites for hydroxylation is 1. The monoisotopic (exact) mass is 678 g/mol. The zero-order chi connectivity index (χ0) is 35.3. The molecule has 0 saturated carbocycles. The summed E-state index contributed by atoms with van der Waals surface area (Å²) in [5.74, 6) is 0.